The number of halogens is 1. The zero-order valence-electron chi connectivity index (χ0n) is 16.1. The van der Waals surface area contributed by atoms with Gasteiger partial charge in [-0.3, -0.25) is 15.3 Å². The van der Waals surface area contributed by atoms with Gasteiger partial charge in [-0.05, 0) is 36.5 Å². The Kier molecular flexibility index (Phi) is 6.00. The van der Waals surface area contributed by atoms with Crippen molar-refractivity contribution in [3.8, 4) is 11.1 Å². The van der Waals surface area contributed by atoms with Crippen molar-refractivity contribution < 1.29 is 18.7 Å². The van der Waals surface area contributed by atoms with Crippen LogP contribution in [0, 0.1) is 5.82 Å². The Morgan fingerprint density at radius 1 is 1.39 bits per heavy atom. The minimum atomic E-state index is -0.534. The maximum atomic E-state index is 14.8. The number of cyclic esters (lactones) is 1. The quantitative estimate of drug-likeness (QED) is 0.334. The van der Waals surface area contributed by atoms with Crippen LogP contribution < -0.4 is 16.2 Å². The number of carbonyl (C=O) groups excluding carboxylic acids is 1. The molecular formula is C19H18FN7O3S. The lowest BCUT2D eigenvalue weighted by Crippen LogP contribution is -2.30. The SMILES string of the molecule is NNC(=S)OCc1ccc(-c2ccc(N3C[C@H](Cn4ccnn4)OC3=O)cc2F)cn1. The third-order valence-electron chi connectivity index (χ3n) is 4.61. The molecule has 0 saturated carbocycles. The predicted molar refractivity (Wildman–Crippen MR) is 112 cm³/mol. The molecule has 0 unspecified atom stereocenters. The minimum absolute atomic E-state index is 0.0523. The summed E-state index contributed by atoms with van der Waals surface area (Å²) >= 11 is 4.80. The Bertz CT molecular complexity index is 1080. The number of hydrazine groups is 1. The van der Waals surface area contributed by atoms with E-state index in [0.717, 1.165) is 0 Å². The van der Waals surface area contributed by atoms with Crippen molar-refractivity contribution in [2.24, 2.45) is 5.84 Å². The van der Waals surface area contributed by atoms with Crippen LogP contribution in [0.1, 0.15) is 5.69 Å². The molecule has 12 heteroatoms. The molecule has 0 aliphatic carbocycles. The van der Waals surface area contributed by atoms with Gasteiger partial charge in [0.1, 0.15) is 18.5 Å². The van der Waals surface area contributed by atoms with Gasteiger partial charge < -0.3 is 9.47 Å². The van der Waals surface area contributed by atoms with Crippen LogP contribution in [0.3, 0.4) is 0 Å². The van der Waals surface area contributed by atoms with Gasteiger partial charge in [0, 0.05) is 23.5 Å². The van der Waals surface area contributed by atoms with Gasteiger partial charge in [0.25, 0.3) is 5.17 Å². The highest BCUT2D eigenvalue weighted by molar-refractivity contribution is 7.80. The van der Waals surface area contributed by atoms with Crippen LogP contribution in [0.25, 0.3) is 11.1 Å². The molecule has 1 aromatic carbocycles. The Labute approximate surface area is 181 Å². The maximum Gasteiger partial charge on any atom is 0.414 e. The lowest BCUT2D eigenvalue weighted by Gasteiger charge is -2.14. The highest BCUT2D eigenvalue weighted by Crippen LogP contribution is 2.29. The number of pyridine rings is 1. The number of rotatable bonds is 6. The Hall–Kier alpha value is -3.64. The fourth-order valence-electron chi connectivity index (χ4n) is 3.12. The van der Waals surface area contributed by atoms with Gasteiger partial charge in [-0.2, -0.15) is 0 Å². The maximum absolute atomic E-state index is 14.8. The average Bonchev–Trinajstić information content (AvgIpc) is 3.42. The summed E-state index contributed by atoms with van der Waals surface area (Å²) in [7, 11) is 0. The van der Waals surface area contributed by atoms with Gasteiger partial charge in [-0.1, -0.05) is 11.3 Å². The number of aromatic nitrogens is 4. The van der Waals surface area contributed by atoms with Crippen molar-refractivity contribution in [3.05, 3.63) is 60.4 Å². The van der Waals surface area contributed by atoms with E-state index in [9.17, 15) is 9.18 Å². The van der Waals surface area contributed by atoms with E-state index in [1.807, 2.05) is 0 Å². The van der Waals surface area contributed by atoms with Crippen LogP contribution >= 0.6 is 12.2 Å². The molecular weight excluding hydrogens is 425 g/mol. The topological polar surface area (TPSA) is 120 Å². The second kappa shape index (κ2) is 9.02. The Morgan fingerprint density at radius 3 is 2.94 bits per heavy atom. The fraction of sp³-hybridized carbons (Fsp3) is 0.211. The van der Waals surface area contributed by atoms with Crippen LogP contribution in [0.15, 0.2) is 48.9 Å². The van der Waals surface area contributed by atoms with E-state index in [1.54, 1.807) is 41.3 Å². The number of benzene rings is 1. The summed E-state index contributed by atoms with van der Waals surface area (Å²) in [5.74, 6) is 4.66. The number of amides is 1. The lowest BCUT2D eigenvalue weighted by molar-refractivity contribution is 0.129. The smallest absolute Gasteiger partial charge is 0.414 e. The number of carbonyl (C=O) groups is 1. The molecule has 0 bridgehead atoms. The van der Waals surface area contributed by atoms with Crippen molar-refractivity contribution in [1.29, 1.82) is 0 Å². The number of thiocarbonyl (C=S) groups is 1. The first-order valence-corrected chi connectivity index (χ1v) is 9.65. The number of hydrogen-bond acceptors (Lipinski definition) is 8. The zero-order valence-corrected chi connectivity index (χ0v) is 17.0. The third kappa shape index (κ3) is 4.75. The van der Waals surface area contributed by atoms with Crippen molar-refractivity contribution in [2.75, 3.05) is 11.4 Å². The first kappa shape index (κ1) is 20.6. The molecule has 10 nitrogen and oxygen atoms in total. The van der Waals surface area contributed by atoms with Crippen LogP contribution in [0.4, 0.5) is 14.9 Å². The summed E-state index contributed by atoms with van der Waals surface area (Å²) in [6.45, 7) is 0.793. The largest absolute Gasteiger partial charge is 0.464 e. The molecule has 3 heterocycles. The molecule has 31 heavy (non-hydrogen) atoms. The number of anilines is 1. The molecule has 2 aromatic heterocycles. The standard InChI is InChI=1S/C19H18FN7O3S/c20-17-7-14(27-10-15(30-19(27)28)9-26-6-5-23-25-26)3-4-16(17)12-1-2-13(22-8-12)11-29-18(31)24-21/h1-8,15H,9-11,21H2,(H,24,31)/t15-/m0/s1. The van der Waals surface area contributed by atoms with Crippen LogP contribution in [-0.2, 0) is 22.6 Å². The highest BCUT2D eigenvalue weighted by Gasteiger charge is 2.33. The fourth-order valence-corrected chi connectivity index (χ4v) is 3.18. The number of nitrogens with two attached hydrogens (primary N) is 1. The normalized spacial score (nSPS) is 15.6. The predicted octanol–water partition coefficient (Wildman–Crippen LogP) is 1.77. The van der Waals surface area contributed by atoms with Crippen molar-refractivity contribution >= 4 is 29.2 Å². The van der Waals surface area contributed by atoms with Gasteiger partial charge in [0.2, 0.25) is 0 Å². The molecule has 1 atom stereocenters. The summed E-state index contributed by atoms with van der Waals surface area (Å²) in [4.78, 5) is 17.9. The Balaban J connectivity index is 1.44. The van der Waals surface area contributed by atoms with E-state index in [0.29, 0.717) is 29.1 Å². The highest BCUT2D eigenvalue weighted by atomic mass is 32.1. The van der Waals surface area contributed by atoms with Crippen molar-refractivity contribution in [2.45, 2.75) is 19.3 Å². The van der Waals surface area contributed by atoms with E-state index in [1.165, 1.54) is 17.2 Å². The van der Waals surface area contributed by atoms with E-state index >= 15 is 0 Å². The monoisotopic (exact) mass is 443 g/mol. The molecule has 3 N–H and O–H groups in total. The Morgan fingerprint density at radius 2 is 2.26 bits per heavy atom. The summed E-state index contributed by atoms with van der Waals surface area (Å²) in [6, 6.07) is 8.00. The average molecular weight is 443 g/mol. The molecule has 3 aromatic rings. The number of ether oxygens (including phenoxy) is 2. The first-order valence-electron chi connectivity index (χ1n) is 9.24. The van der Waals surface area contributed by atoms with Crippen LogP contribution in [0.5, 0.6) is 0 Å². The summed E-state index contributed by atoms with van der Waals surface area (Å²) in [5, 5.41) is 7.63. The summed E-state index contributed by atoms with van der Waals surface area (Å²) in [6.07, 6.45) is 3.82. The van der Waals surface area contributed by atoms with E-state index < -0.39 is 18.0 Å². The second-order valence-electron chi connectivity index (χ2n) is 6.66. The minimum Gasteiger partial charge on any atom is -0.464 e. The number of hydrogen-bond donors (Lipinski definition) is 2. The molecule has 1 aliphatic heterocycles. The van der Waals surface area contributed by atoms with Gasteiger partial charge >= 0.3 is 6.09 Å². The van der Waals surface area contributed by atoms with Gasteiger partial charge in [-0.25, -0.2) is 19.7 Å². The molecule has 1 amide bonds. The molecule has 0 radical (unpaired) electrons. The zero-order chi connectivity index (χ0) is 21.8. The molecule has 1 saturated heterocycles. The van der Waals surface area contributed by atoms with Crippen LogP contribution in [0.2, 0.25) is 0 Å². The molecule has 160 valence electrons. The number of nitrogens with one attached hydrogen (secondary N) is 1. The molecule has 1 aliphatic rings. The van der Waals surface area contributed by atoms with Crippen molar-refractivity contribution in [3.63, 3.8) is 0 Å². The first-order chi connectivity index (χ1) is 15.0. The van der Waals surface area contributed by atoms with E-state index in [4.69, 9.17) is 27.5 Å². The second-order valence-corrected chi connectivity index (χ2v) is 7.04. The van der Waals surface area contributed by atoms with Crippen LogP contribution in [-0.4, -0.2) is 43.9 Å². The molecule has 4 rings (SSSR count). The lowest BCUT2D eigenvalue weighted by atomic mass is 10.1. The summed E-state index contributed by atoms with van der Waals surface area (Å²) < 4.78 is 26.9. The number of nitrogens with zero attached hydrogens (tertiary/aromatic N) is 5. The third-order valence-corrected chi connectivity index (χ3v) is 4.84. The van der Waals surface area contributed by atoms with Gasteiger partial charge in [0.05, 0.1) is 30.7 Å². The molecule has 1 fully saturated rings. The van der Waals surface area contributed by atoms with E-state index in [-0.39, 0.29) is 18.3 Å². The molecule has 0 spiro atoms. The van der Waals surface area contributed by atoms with Gasteiger partial charge in [-0.15, -0.1) is 5.10 Å². The van der Waals surface area contributed by atoms with Gasteiger partial charge in [0.15, 0.2) is 0 Å². The van der Waals surface area contributed by atoms with Crippen molar-refractivity contribution in [1.82, 2.24) is 25.4 Å². The van der Waals surface area contributed by atoms with E-state index in [2.05, 4.69) is 20.7 Å². The summed E-state index contributed by atoms with van der Waals surface area (Å²) in [5.41, 5.74) is 4.17.